The van der Waals surface area contributed by atoms with Gasteiger partial charge in [0.2, 0.25) is 5.91 Å². The van der Waals surface area contributed by atoms with Gasteiger partial charge in [-0.15, -0.1) is 0 Å². The van der Waals surface area contributed by atoms with Gasteiger partial charge in [-0.1, -0.05) is 50.1 Å². The maximum absolute atomic E-state index is 13.4. The van der Waals surface area contributed by atoms with Crippen LogP contribution in [0.4, 0.5) is 4.39 Å². The number of hydrogen-bond acceptors (Lipinski definition) is 4. The van der Waals surface area contributed by atoms with Crippen molar-refractivity contribution in [3.63, 3.8) is 0 Å². The van der Waals surface area contributed by atoms with E-state index in [-0.39, 0.29) is 17.3 Å². The molecule has 0 aliphatic carbocycles. The van der Waals surface area contributed by atoms with E-state index in [9.17, 15) is 14.0 Å². The number of halogens is 1. The zero-order valence-corrected chi connectivity index (χ0v) is 18.6. The van der Waals surface area contributed by atoms with Crippen molar-refractivity contribution < 1.29 is 9.18 Å². The summed E-state index contributed by atoms with van der Waals surface area (Å²) in [6, 6.07) is 13.0. The summed E-state index contributed by atoms with van der Waals surface area (Å²) < 4.78 is 14.9. The van der Waals surface area contributed by atoms with Crippen LogP contribution in [0.3, 0.4) is 0 Å². The van der Waals surface area contributed by atoms with Gasteiger partial charge in [0.05, 0.1) is 16.6 Å². The van der Waals surface area contributed by atoms with Gasteiger partial charge < -0.3 is 5.32 Å². The van der Waals surface area contributed by atoms with Crippen LogP contribution < -0.4 is 10.9 Å². The summed E-state index contributed by atoms with van der Waals surface area (Å²) >= 11 is 1.43. The van der Waals surface area contributed by atoms with Crippen LogP contribution in [0.1, 0.15) is 45.4 Å². The standard InChI is InChI=1S/C24H28FN3O2S/c1-2-3-4-7-16-26-22(29)11-8-17-31-24-27-21-10-6-5-9-20(21)23(30)28(24)19-14-12-18(25)13-15-19/h5-6,9-10,12-15H,2-4,7-8,11,16-17H2,1H3,(H,26,29). The lowest BCUT2D eigenvalue weighted by Crippen LogP contribution is -2.24. The molecule has 2 aromatic carbocycles. The molecule has 1 amide bonds. The van der Waals surface area contributed by atoms with E-state index < -0.39 is 0 Å². The number of fused-ring (bicyclic) bond motifs is 1. The smallest absolute Gasteiger partial charge is 0.266 e. The number of nitrogens with one attached hydrogen (secondary N) is 1. The lowest BCUT2D eigenvalue weighted by Gasteiger charge is -2.13. The predicted octanol–water partition coefficient (Wildman–Crippen LogP) is 5.09. The van der Waals surface area contributed by atoms with Crippen LogP contribution >= 0.6 is 11.8 Å². The van der Waals surface area contributed by atoms with Crippen molar-refractivity contribution in [2.24, 2.45) is 0 Å². The largest absolute Gasteiger partial charge is 0.356 e. The average molecular weight is 442 g/mol. The molecule has 1 heterocycles. The van der Waals surface area contributed by atoms with E-state index in [1.165, 1.54) is 41.3 Å². The zero-order chi connectivity index (χ0) is 22.1. The number of carbonyl (C=O) groups excluding carboxylic acids is 1. The summed E-state index contributed by atoms with van der Waals surface area (Å²) in [6.07, 6.45) is 5.64. The minimum Gasteiger partial charge on any atom is -0.356 e. The summed E-state index contributed by atoms with van der Waals surface area (Å²) in [5, 5.41) is 4.01. The minimum atomic E-state index is -0.361. The first kappa shape index (κ1) is 23.0. The van der Waals surface area contributed by atoms with E-state index in [0.29, 0.717) is 40.3 Å². The Kier molecular flexibility index (Phi) is 8.64. The van der Waals surface area contributed by atoms with Crippen LogP contribution in [0, 0.1) is 5.82 Å². The van der Waals surface area contributed by atoms with E-state index in [4.69, 9.17) is 0 Å². The van der Waals surface area contributed by atoms with Gasteiger partial charge in [0.1, 0.15) is 5.82 Å². The molecule has 3 aromatic rings. The third-order valence-corrected chi connectivity index (χ3v) is 5.99. The first-order valence-electron chi connectivity index (χ1n) is 10.8. The Hall–Kier alpha value is -2.67. The molecule has 1 aromatic heterocycles. The van der Waals surface area contributed by atoms with E-state index in [1.54, 1.807) is 24.3 Å². The number of hydrogen-bond donors (Lipinski definition) is 1. The summed E-state index contributed by atoms with van der Waals surface area (Å²) in [5.74, 6) is 0.342. The lowest BCUT2D eigenvalue weighted by atomic mass is 10.2. The molecule has 0 aliphatic heterocycles. The zero-order valence-electron chi connectivity index (χ0n) is 17.8. The number of carbonyl (C=O) groups is 1. The number of aromatic nitrogens is 2. The average Bonchev–Trinajstić information content (AvgIpc) is 2.78. The number of rotatable bonds is 11. The van der Waals surface area contributed by atoms with Gasteiger partial charge in [-0.2, -0.15) is 0 Å². The minimum absolute atomic E-state index is 0.0551. The molecule has 0 spiro atoms. The molecule has 31 heavy (non-hydrogen) atoms. The van der Waals surface area contributed by atoms with Crippen LogP contribution in [0.5, 0.6) is 0 Å². The van der Waals surface area contributed by atoms with Gasteiger partial charge in [-0.05, 0) is 49.2 Å². The van der Waals surface area contributed by atoms with Crippen molar-refractivity contribution in [2.75, 3.05) is 12.3 Å². The molecule has 0 saturated heterocycles. The Bertz CT molecular complexity index is 1070. The van der Waals surface area contributed by atoms with Crippen molar-refractivity contribution in [3.8, 4) is 5.69 Å². The van der Waals surface area contributed by atoms with E-state index in [2.05, 4.69) is 17.2 Å². The monoisotopic (exact) mass is 441 g/mol. The lowest BCUT2D eigenvalue weighted by molar-refractivity contribution is -0.121. The number of para-hydroxylation sites is 1. The fourth-order valence-corrected chi connectivity index (χ4v) is 4.24. The van der Waals surface area contributed by atoms with Gasteiger partial charge in [-0.3, -0.25) is 14.2 Å². The second-order valence-corrected chi connectivity index (χ2v) is 8.45. The van der Waals surface area contributed by atoms with Crippen molar-refractivity contribution in [3.05, 3.63) is 64.7 Å². The molecule has 5 nitrogen and oxygen atoms in total. The molecule has 0 atom stereocenters. The van der Waals surface area contributed by atoms with Crippen LogP contribution in [0.25, 0.3) is 16.6 Å². The molecule has 0 radical (unpaired) electrons. The number of benzene rings is 2. The third kappa shape index (κ3) is 6.40. The van der Waals surface area contributed by atoms with Gasteiger partial charge in [0.15, 0.2) is 5.16 Å². The number of thioether (sulfide) groups is 1. The second kappa shape index (κ2) is 11.6. The van der Waals surface area contributed by atoms with Crippen LogP contribution in [0.15, 0.2) is 58.5 Å². The fourth-order valence-electron chi connectivity index (χ4n) is 3.29. The summed E-state index contributed by atoms with van der Waals surface area (Å²) in [5.41, 5.74) is 1.000. The predicted molar refractivity (Wildman–Crippen MR) is 124 cm³/mol. The Morgan fingerprint density at radius 3 is 2.61 bits per heavy atom. The highest BCUT2D eigenvalue weighted by atomic mass is 32.2. The molecular formula is C24H28FN3O2S. The number of nitrogens with zero attached hydrogens (tertiary/aromatic N) is 2. The van der Waals surface area contributed by atoms with Crippen LogP contribution in [0.2, 0.25) is 0 Å². The maximum atomic E-state index is 13.4. The van der Waals surface area contributed by atoms with Crippen molar-refractivity contribution in [2.45, 2.75) is 50.6 Å². The summed E-state index contributed by atoms with van der Waals surface area (Å²) in [4.78, 5) is 29.8. The quantitative estimate of drug-likeness (QED) is 0.256. The van der Waals surface area contributed by atoms with E-state index in [0.717, 1.165) is 19.4 Å². The highest BCUT2D eigenvalue weighted by Gasteiger charge is 2.13. The molecule has 164 valence electrons. The van der Waals surface area contributed by atoms with Crippen molar-refractivity contribution in [1.29, 1.82) is 0 Å². The molecule has 3 rings (SSSR count). The van der Waals surface area contributed by atoms with Gasteiger partial charge in [0, 0.05) is 18.7 Å². The summed E-state index contributed by atoms with van der Waals surface area (Å²) in [7, 11) is 0. The van der Waals surface area contributed by atoms with Crippen LogP contribution in [-0.4, -0.2) is 27.8 Å². The normalized spacial score (nSPS) is 11.0. The highest BCUT2D eigenvalue weighted by molar-refractivity contribution is 7.99. The maximum Gasteiger partial charge on any atom is 0.266 e. The Morgan fingerprint density at radius 2 is 1.84 bits per heavy atom. The number of unbranched alkanes of at least 4 members (excludes halogenated alkanes) is 3. The molecule has 0 aliphatic rings. The fraction of sp³-hybridized carbons (Fsp3) is 0.375. The van der Waals surface area contributed by atoms with E-state index >= 15 is 0 Å². The SMILES string of the molecule is CCCCCCNC(=O)CCCSc1nc2ccccc2c(=O)n1-c1ccc(F)cc1. The second-order valence-electron chi connectivity index (χ2n) is 7.39. The molecular weight excluding hydrogens is 413 g/mol. The number of amides is 1. The summed E-state index contributed by atoms with van der Waals surface area (Å²) in [6.45, 7) is 2.89. The van der Waals surface area contributed by atoms with Gasteiger partial charge >= 0.3 is 0 Å². The molecule has 0 unspecified atom stereocenters. The molecule has 0 fully saturated rings. The highest BCUT2D eigenvalue weighted by Crippen LogP contribution is 2.22. The van der Waals surface area contributed by atoms with Crippen LogP contribution in [-0.2, 0) is 4.79 Å². The molecule has 1 N–H and O–H groups in total. The molecule has 0 bridgehead atoms. The Balaban J connectivity index is 1.67. The first-order chi connectivity index (χ1) is 15.1. The topological polar surface area (TPSA) is 64.0 Å². The first-order valence-corrected chi connectivity index (χ1v) is 11.8. The van der Waals surface area contributed by atoms with E-state index in [1.807, 2.05) is 12.1 Å². The van der Waals surface area contributed by atoms with Crippen molar-refractivity contribution in [1.82, 2.24) is 14.9 Å². The molecule has 7 heteroatoms. The molecule has 0 saturated carbocycles. The Morgan fingerprint density at radius 1 is 1.06 bits per heavy atom. The third-order valence-electron chi connectivity index (χ3n) is 4.96. The van der Waals surface area contributed by atoms with Gasteiger partial charge in [-0.25, -0.2) is 9.37 Å². The van der Waals surface area contributed by atoms with Gasteiger partial charge in [0.25, 0.3) is 5.56 Å². The Labute approximate surface area is 186 Å². The van der Waals surface area contributed by atoms with Crippen molar-refractivity contribution >= 4 is 28.6 Å².